The van der Waals surface area contributed by atoms with Crippen LogP contribution >= 0.6 is 0 Å². The Bertz CT molecular complexity index is 495. The number of nitrogens with one attached hydrogen (secondary N) is 1. The first-order chi connectivity index (χ1) is 10.3. The van der Waals surface area contributed by atoms with Gasteiger partial charge in [-0.25, -0.2) is 0 Å². The zero-order valence-electron chi connectivity index (χ0n) is 12.8. The van der Waals surface area contributed by atoms with Crippen LogP contribution in [0.4, 0.5) is 0 Å². The molecule has 0 bridgehead atoms. The summed E-state index contributed by atoms with van der Waals surface area (Å²) in [5.74, 6) is 5.70. The van der Waals surface area contributed by atoms with Crippen molar-refractivity contribution in [1.82, 2.24) is 10.2 Å². The second-order valence-electron chi connectivity index (χ2n) is 5.51. The summed E-state index contributed by atoms with van der Waals surface area (Å²) in [7, 11) is 0. The molecule has 1 aliphatic heterocycles. The van der Waals surface area contributed by atoms with E-state index in [9.17, 15) is 4.79 Å². The molecule has 0 aromatic heterocycles. The topological polar surface area (TPSA) is 32.3 Å². The summed E-state index contributed by atoms with van der Waals surface area (Å²) in [4.78, 5) is 14.2. The summed E-state index contributed by atoms with van der Waals surface area (Å²) in [6.45, 7) is 4.79. The van der Waals surface area contributed by atoms with Crippen LogP contribution in [-0.2, 0) is 4.79 Å². The van der Waals surface area contributed by atoms with Gasteiger partial charge in [-0.2, -0.15) is 0 Å². The number of benzene rings is 1. The van der Waals surface area contributed by atoms with Gasteiger partial charge in [0.15, 0.2) is 0 Å². The molecule has 0 radical (unpaired) electrons. The van der Waals surface area contributed by atoms with Gasteiger partial charge in [0, 0.05) is 30.6 Å². The van der Waals surface area contributed by atoms with Crippen LogP contribution in [0.25, 0.3) is 0 Å². The van der Waals surface area contributed by atoms with Gasteiger partial charge in [-0.1, -0.05) is 37.5 Å². The minimum Gasteiger partial charge on any atom is -0.330 e. The molecule has 2 rings (SSSR count). The standard InChI is InChI=1S/C18H24N2O/c1-2-3-14-20(15-17-10-7-13-19-17)18(21)12-11-16-8-5-4-6-9-16/h4-6,8-9,17,19H,2-3,7,10,13-15H2,1H3. The van der Waals surface area contributed by atoms with Crippen LogP contribution in [0.15, 0.2) is 30.3 Å². The normalized spacial score (nSPS) is 17.1. The van der Waals surface area contributed by atoms with Crippen LogP contribution in [0.5, 0.6) is 0 Å². The number of carbonyl (C=O) groups is 1. The van der Waals surface area contributed by atoms with E-state index in [1.807, 2.05) is 35.2 Å². The van der Waals surface area contributed by atoms with E-state index < -0.39 is 0 Å². The minimum absolute atomic E-state index is 0.0546. The first-order valence-corrected chi connectivity index (χ1v) is 7.89. The minimum atomic E-state index is -0.0546. The fraction of sp³-hybridized carbons (Fsp3) is 0.500. The molecule has 0 aliphatic carbocycles. The highest BCUT2D eigenvalue weighted by atomic mass is 16.2. The molecule has 1 aliphatic rings. The number of nitrogens with zero attached hydrogens (tertiary/aromatic N) is 1. The first-order valence-electron chi connectivity index (χ1n) is 7.89. The number of hydrogen-bond acceptors (Lipinski definition) is 2. The van der Waals surface area contributed by atoms with E-state index in [1.165, 1.54) is 6.42 Å². The highest BCUT2D eigenvalue weighted by Gasteiger charge is 2.20. The summed E-state index contributed by atoms with van der Waals surface area (Å²) in [5, 5.41) is 3.45. The number of hydrogen-bond donors (Lipinski definition) is 1. The lowest BCUT2D eigenvalue weighted by Crippen LogP contribution is -2.41. The zero-order valence-corrected chi connectivity index (χ0v) is 12.8. The molecule has 3 nitrogen and oxygen atoms in total. The number of carbonyl (C=O) groups excluding carboxylic acids is 1. The number of amides is 1. The van der Waals surface area contributed by atoms with E-state index in [0.29, 0.717) is 6.04 Å². The SMILES string of the molecule is CCCCN(CC1CCCN1)C(=O)C#Cc1ccccc1. The number of unbranched alkanes of at least 4 members (excludes halogenated alkanes) is 1. The Kier molecular flexibility index (Phi) is 6.30. The summed E-state index contributed by atoms with van der Waals surface area (Å²) in [5.41, 5.74) is 0.889. The molecule has 1 amide bonds. The fourth-order valence-corrected chi connectivity index (χ4v) is 2.53. The molecule has 1 unspecified atom stereocenters. The number of rotatable bonds is 5. The molecule has 0 saturated carbocycles. The molecule has 1 aromatic rings. The van der Waals surface area contributed by atoms with Gasteiger partial charge in [-0.3, -0.25) is 4.79 Å². The van der Waals surface area contributed by atoms with E-state index in [4.69, 9.17) is 0 Å². The molecule has 112 valence electrons. The van der Waals surface area contributed by atoms with E-state index >= 15 is 0 Å². The molecule has 1 saturated heterocycles. The fourth-order valence-electron chi connectivity index (χ4n) is 2.53. The Balaban J connectivity index is 1.97. The van der Waals surface area contributed by atoms with Crippen molar-refractivity contribution in [3.63, 3.8) is 0 Å². The first kappa shape index (κ1) is 15.6. The van der Waals surface area contributed by atoms with Crippen LogP contribution in [0, 0.1) is 11.8 Å². The van der Waals surface area contributed by atoms with Gasteiger partial charge in [0.25, 0.3) is 5.91 Å². The third-order valence-electron chi connectivity index (χ3n) is 3.76. The predicted octanol–water partition coefficient (Wildman–Crippen LogP) is 2.42. The van der Waals surface area contributed by atoms with Crippen molar-refractivity contribution < 1.29 is 4.79 Å². The highest BCUT2D eigenvalue weighted by Crippen LogP contribution is 2.08. The molecular formula is C18H24N2O. The van der Waals surface area contributed by atoms with Gasteiger partial charge in [-0.05, 0) is 37.9 Å². The average Bonchev–Trinajstić information content (AvgIpc) is 3.03. The second-order valence-corrected chi connectivity index (χ2v) is 5.51. The summed E-state index contributed by atoms with van der Waals surface area (Å²) in [6, 6.07) is 10.1. The van der Waals surface area contributed by atoms with E-state index in [0.717, 1.165) is 44.5 Å². The Morgan fingerprint density at radius 2 is 2.19 bits per heavy atom. The smallest absolute Gasteiger partial charge is 0.298 e. The third kappa shape index (κ3) is 5.24. The second kappa shape index (κ2) is 8.49. The van der Waals surface area contributed by atoms with Crippen molar-refractivity contribution in [3.8, 4) is 11.8 Å². The zero-order chi connectivity index (χ0) is 14.9. The Labute approximate surface area is 127 Å². The summed E-state index contributed by atoms with van der Waals surface area (Å²) in [6.07, 6.45) is 4.48. The van der Waals surface area contributed by atoms with Gasteiger partial charge in [0.05, 0.1) is 0 Å². The van der Waals surface area contributed by atoms with Gasteiger partial charge in [-0.15, -0.1) is 0 Å². The summed E-state index contributed by atoms with van der Waals surface area (Å²) >= 11 is 0. The van der Waals surface area contributed by atoms with Gasteiger partial charge in [0.1, 0.15) is 0 Å². The van der Waals surface area contributed by atoms with Crippen molar-refractivity contribution >= 4 is 5.91 Å². The van der Waals surface area contributed by atoms with Crippen molar-refractivity contribution in [3.05, 3.63) is 35.9 Å². The molecule has 3 heteroatoms. The maximum Gasteiger partial charge on any atom is 0.298 e. The Hall–Kier alpha value is -1.79. The lowest BCUT2D eigenvalue weighted by atomic mass is 10.2. The molecule has 0 spiro atoms. The Morgan fingerprint density at radius 3 is 2.86 bits per heavy atom. The van der Waals surface area contributed by atoms with Crippen molar-refractivity contribution in [2.24, 2.45) is 0 Å². The van der Waals surface area contributed by atoms with Gasteiger partial charge < -0.3 is 10.2 Å². The largest absolute Gasteiger partial charge is 0.330 e. The molecule has 1 N–H and O–H groups in total. The molecule has 1 atom stereocenters. The monoisotopic (exact) mass is 284 g/mol. The maximum atomic E-state index is 12.3. The van der Waals surface area contributed by atoms with Gasteiger partial charge >= 0.3 is 0 Å². The third-order valence-corrected chi connectivity index (χ3v) is 3.76. The lowest BCUT2D eigenvalue weighted by molar-refractivity contribution is -0.125. The molecular weight excluding hydrogens is 260 g/mol. The molecule has 1 fully saturated rings. The molecule has 1 aromatic carbocycles. The van der Waals surface area contributed by atoms with E-state index in [-0.39, 0.29) is 5.91 Å². The highest BCUT2D eigenvalue weighted by molar-refractivity contribution is 5.94. The summed E-state index contributed by atoms with van der Waals surface area (Å²) < 4.78 is 0. The molecule has 21 heavy (non-hydrogen) atoms. The van der Waals surface area contributed by atoms with Crippen molar-refractivity contribution in [1.29, 1.82) is 0 Å². The van der Waals surface area contributed by atoms with E-state index in [1.54, 1.807) is 0 Å². The maximum absolute atomic E-state index is 12.3. The molecule has 1 heterocycles. The quantitative estimate of drug-likeness (QED) is 0.842. The van der Waals surface area contributed by atoms with Crippen LogP contribution in [0.3, 0.4) is 0 Å². The predicted molar refractivity (Wildman–Crippen MR) is 85.8 cm³/mol. The lowest BCUT2D eigenvalue weighted by Gasteiger charge is -2.23. The van der Waals surface area contributed by atoms with Gasteiger partial charge in [0.2, 0.25) is 0 Å². The van der Waals surface area contributed by atoms with Crippen LogP contribution in [0.1, 0.15) is 38.2 Å². The average molecular weight is 284 g/mol. The Morgan fingerprint density at radius 1 is 1.38 bits per heavy atom. The van der Waals surface area contributed by atoms with Crippen LogP contribution < -0.4 is 5.32 Å². The van der Waals surface area contributed by atoms with Crippen LogP contribution in [-0.4, -0.2) is 36.5 Å². The van der Waals surface area contributed by atoms with Crippen molar-refractivity contribution in [2.45, 2.75) is 38.6 Å². The van der Waals surface area contributed by atoms with E-state index in [2.05, 4.69) is 24.1 Å². The van der Waals surface area contributed by atoms with Crippen molar-refractivity contribution in [2.75, 3.05) is 19.6 Å². The van der Waals surface area contributed by atoms with Crippen LogP contribution in [0.2, 0.25) is 0 Å².